The highest BCUT2D eigenvalue weighted by Gasteiger charge is 2.22. The van der Waals surface area contributed by atoms with E-state index in [0.717, 1.165) is 23.7 Å². The number of nitrogens with one attached hydrogen (secondary N) is 2. The number of benzene rings is 2. The molecule has 14 heteroatoms. The molecule has 0 aliphatic heterocycles. The molecule has 0 aliphatic rings. The summed E-state index contributed by atoms with van der Waals surface area (Å²) in [5, 5.41) is 26.2. The molecule has 3 aromatic heterocycles. The van der Waals surface area contributed by atoms with E-state index in [2.05, 4.69) is 46.3 Å². The molecule has 278 valence electrons. The van der Waals surface area contributed by atoms with Crippen LogP contribution in [0.15, 0.2) is 73.3 Å². The number of aliphatic hydroxyl groups is 1. The van der Waals surface area contributed by atoms with Crippen LogP contribution in [-0.2, 0) is 17.9 Å². The topological polar surface area (TPSA) is 126 Å². The summed E-state index contributed by atoms with van der Waals surface area (Å²) in [6.45, 7) is 11.6. The number of anilines is 1. The average Bonchev–Trinajstić information content (AvgIpc) is 3.49. The van der Waals surface area contributed by atoms with E-state index in [1.54, 1.807) is 24.5 Å². The highest BCUT2D eigenvalue weighted by atomic mass is 32.1. The summed E-state index contributed by atoms with van der Waals surface area (Å²) in [5.41, 5.74) is 3.15. The van der Waals surface area contributed by atoms with Crippen molar-refractivity contribution in [2.45, 2.75) is 58.8 Å². The smallest absolute Gasteiger partial charge is 0.198 e. The van der Waals surface area contributed by atoms with Crippen LogP contribution in [0.3, 0.4) is 0 Å². The van der Waals surface area contributed by atoms with Gasteiger partial charge in [0.25, 0.3) is 0 Å². The number of nitriles is 1. The van der Waals surface area contributed by atoms with Crippen LogP contribution < -0.4 is 20.1 Å². The Bertz CT molecular complexity index is 2060. The zero-order valence-electron chi connectivity index (χ0n) is 30.5. The lowest BCUT2D eigenvalue weighted by atomic mass is 10.0. The van der Waals surface area contributed by atoms with Crippen molar-refractivity contribution in [2.75, 3.05) is 25.1 Å². The summed E-state index contributed by atoms with van der Waals surface area (Å²) in [6, 6.07) is 15.9. The molecule has 3 N–H and O–H groups in total. The predicted molar refractivity (Wildman–Crippen MR) is 209 cm³/mol. The molecular weight excluding hydrogens is 715 g/mol. The van der Waals surface area contributed by atoms with Crippen LogP contribution in [0.1, 0.15) is 25.0 Å². The van der Waals surface area contributed by atoms with Crippen molar-refractivity contribution >= 4 is 42.1 Å². The number of aliphatic hydroxyl groups excluding tert-OH is 1. The maximum absolute atomic E-state index is 15.6. The van der Waals surface area contributed by atoms with Crippen molar-refractivity contribution in [2.24, 2.45) is 5.92 Å². The first-order valence-corrected chi connectivity index (χ1v) is 21.4. The first kappa shape index (κ1) is 39.3. The van der Waals surface area contributed by atoms with E-state index in [4.69, 9.17) is 26.4 Å². The van der Waals surface area contributed by atoms with Crippen molar-refractivity contribution < 1.29 is 28.1 Å². The third-order valence-corrected chi connectivity index (χ3v) is 10.2. The fourth-order valence-electron chi connectivity index (χ4n) is 5.58. The van der Waals surface area contributed by atoms with Crippen LogP contribution in [0, 0.1) is 28.9 Å². The molecule has 0 aliphatic carbocycles. The number of halogens is 2. The lowest BCUT2D eigenvalue weighted by molar-refractivity contribution is 0.0899. The molecule has 5 aromatic rings. The molecule has 1 atom stereocenters. The van der Waals surface area contributed by atoms with Crippen LogP contribution in [-0.4, -0.2) is 58.7 Å². The second-order valence-corrected chi connectivity index (χ2v) is 20.2. The van der Waals surface area contributed by atoms with Crippen LogP contribution in [0.4, 0.5) is 14.5 Å². The number of hydrogen-bond acceptors (Lipinski definition) is 8. The minimum Gasteiger partial charge on any atom is -0.490 e. The Labute approximate surface area is 314 Å². The van der Waals surface area contributed by atoms with Gasteiger partial charge in [0.2, 0.25) is 0 Å². The van der Waals surface area contributed by atoms with E-state index >= 15 is 8.78 Å². The van der Waals surface area contributed by atoms with Gasteiger partial charge in [0.1, 0.15) is 29.9 Å². The van der Waals surface area contributed by atoms with Crippen molar-refractivity contribution in [1.29, 1.82) is 5.26 Å². The van der Waals surface area contributed by atoms with Gasteiger partial charge in [0.05, 0.1) is 17.1 Å². The standard InChI is InChI=1S/C39H44F2N6O4SSi/c1-25(2)50-34-9-8-28(16-29(34)19-42)31-22-47(24-49-13-14-53(3,4)5)38-36(31)35(10-12-44-38)51-37-32(40)17-30(18-33(37)41)46-39(52)45-21-27(23-48)15-26-7-6-11-43-20-26/h6-12,16-18,20,22,25,27,48H,13-15,21,23-24H2,1-5H3,(H2,45,46,52). The Balaban J connectivity index is 1.41. The van der Waals surface area contributed by atoms with Crippen LogP contribution >= 0.6 is 12.2 Å². The molecule has 53 heavy (non-hydrogen) atoms. The lowest BCUT2D eigenvalue weighted by Crippen LogP contribution is -2.34. The summed E-state index contributed by atoms with van der Waals surface area (Å²) >= 11 is 5.37. The predicted octanol–water partition coefficient (Wildman–Crippen LogP) is 8.28. The number of ether oxygens (including phenoxy) is 3. The summed E-state index contributed by atoms with van der Waals surface area (Å²) < 4.78 is 51.0. The average molecular weight is 759 g/mol. The van der Waals surface area contributed by atoms with E-state index in [9.17, 15) is 10.4 Å². The largest absolute Gasteiger partial charge is 0.490 e. The summed E-state index contributed by atoms with van der Waals surface area (Å²) in [7, 11) is -1.33. The molecule has 0 saturated carbocycles. The second-order valence-electron chi connectivity index (χ2n) is 14.2. The molecule has 0 amide bonds. The van der Waals surface area contributed by atoms with Gasteiger partial charge < -0.3 is 34.5 Å². The fourth-order valence-corrected chi connectivity index (χ4v) is 6.53. The maximum Gasteiger partial charge on any atom is 0.198 e. The number of thiocarbonyl (C=S) groups is 1. The summed E-state index contributed by atoms with van der Waals surface area (Å²) in [4.78, 5) is 8.69. The zero-order valence-corrected chi connectivity index (χ0v) is 32.3. The Morgan fingerprint density at radius 2 is 1.85 bits per heavy atom. The molecule has 0 saturated heterocycles. The van der Waals surface area contributed by atoms with Gasteiger partial charge in [-0.05, 0) is 73.9 Å². The third-order valence-electron chi connectivity index (χ3n) is 8.24. The van der Waals surface area contributed by atoms with Gasteiger partial charge >= 0.3 is 0 Å². The van der Waals surface area contributed by atoms with Crippen LogP contribution in [0.2, 0.25) is 25.7 Å². The van der Waals surface area contributed by atoms with E-state index in [0.29, 0.717) is 53.0 Å². The van der Waals surface area contributed by atoms with Crippen LogP contribution in [0.25, 0.3) is 22.2 Å². The zero-order chi connectivity index (χ0) is 38.1. The number of aromatic nitrogens is 3. The van der Waals surface area contributed by atoms with Crippen molar-refractivity contribution in [3.8, 4) is 34.4 Å². The van der Waals surface area contributed by atoms with Gasteiger partial charge in [-0.3, -0.25) is 4.98 Å². The number of hydrogen-bond donors (Lipinski definition) is 3. The summed E-state index contributed by atoms with van der Waals surface area (Å²) in [5.74, 6) is -2.07. The molecule has 1 unspecified atom stereocenters. The molecule has 3 heterocycles. The maximum atomic E-state index is 15.6. The number of pyridine rings is 2. The monoisotopic (exact) mass is 758 g/mol. The quantitative estimate of drug-likeness (QED) is 0.0514. The Hall–Kier alpha value is -4.94. The first-order valence-electron chi connectivity index (χ1n) is 17.3. The third kappa shape index (κ3) is 10.6. The Morgan fingerprint density at radius 1 is 1.08 bits per heavy atom. The van der Waals surface area contributed by atoms with Gasteiger partial charge in [0, 0.05) is 81.9 Å². The molecule has 2 aromatic carbocycles. The van der Waals surface area contributed by atoms with Gasteiger partial charge in [-0.15, -0.1) is 0 Å². The van der Waals surface area contributed by atoms with Crippen LogP contribution in [0.5, 0.6) is 17.2 Å². The van der Waals surface area contributed by atoms with Crippen molar-refractivity contribution in [3.05, 3.63) is 96.1 Å². The lowest BCUT2D eigenvalue weighted by Gasteiger charge is -2.17. The number of rotatable bonds is 16. The minimum absolute atomic E-state index is 0.0765. The highest BCUT2D eigenvalue weighted by molar-refractivity contribution is 7.80. The van der Waals surface area contributed by atoms with Crippen molar-refractivity contribution in [1.82, 2.24) is 19.9 Å². The fraction of sp³-hybridized carbons (Fsp3) is 0.333. The molecule has 0 fully saturated rings. The molecular formula is C39H44F2N6O4SSi. The minimum atomic E-state index is -1.33. The van der Waals surface area contributed by atoms with Gasteiger partial charge in [0.15, 0.2) is 22.5 Å². The SMILES string of the molecule is CC(C)Oc1ccc(-c2cn(COCC[Si](C)(C)C)c3nccc(Oc4c(F)cc(NC(=S)NCC(CO)Cc5cccnc5)cc4F)c23)cc1C#N. The molecule has 10 nitrogen and oxygen atoms in total. The first-order chi connectivity index (χ1) is 25.3. The highest BCUT2D eigenvalue weighted by Crippen LogP contribution is 2.41. The van der Waals surface area contributed by atoms with E-state index in [-0.39, 0.29) is 41.9 Å². The molecule has 0 spiro atoms. The van der Waals surface area contributed by atoms with E-state index in [1.165, 1.54) is 12.3 Å². The Morgan fingerprint density at radius 3 is 2.51 bits per heavy atom. The van der Waals surface area contributed by atoms with Gasteiger partial charge in [-0.1, -0.05) is 31.8 Å². The number of nitrogens with zero attached hydrogens (tertiary/aromatic N) is 4. The molecule has 0 bridgehead atoms. The van der Waals surface area contributed by atoms with E-state index < -0.39 is 25.5 Å². The van der Waals surface area contributed by atoms with Crippen molar-refractivity contribution in [3.63, 3.8) is 0 Å². The van der Waals surface area contributed by atoms with Gasteiger partial charge in [-0.25, -0.2) is 13.8 Å². The number of fused-ring (bicyclic) bond motifs is 1. The molecule has 5 rings (SSSR count). The Kier molecular flexibility index (Phi) is 13.1. The van der Waals surface area contributed by atoms with E-state index in [1.807, 2.05) is 42.8 Å². The second kappa shape index (κ2) is 17.7. The molecule has 0 radical (unpaired) electrons. The van der Waals surface area contributed by atoms with Gasteiger partial charge in [-0.2, -0.15) is 5.26 Å². The normalized spacial score (nSPS) is 12.1. The summed E-state index contributed by atoms with van der Waals surface area (Å²) in [6.07, 6.45) is 7.20.